The number of hydrogen-bond donors (Lipinski definition) is 2. The van der Waals surface area contributed by atoms with Crippen LogP contribution in [0.2, 0.25) is 0 Å². The van der Waals surface area contributed by atoms with Gasteiger partial charge in [0.25, 0.3) is 0 Å². The Morgan fingerprint density at radius 3 is 2.36 bits per heavy atom. The van der Waals surface area contributed by atoms with E-state index in [-0.39, 0.29) is 0 Å². The zero-order valence-electron chi connectivity index (χ0n) is 14.7. The van der Waals surface area contributed by atoms with Crippen LogP contribution in [-0.4, -0.2) is 40.6 Å². The van der Waals surface area contributed by atoms with E-state index in [4.69, 9.17) is 20.7 Å². The van der Waals surface area contributed by atoms with Crippen molar-refractivity contribution >= 4 is 70.4 Å². The highest BCUT2D eigenvalue weighted by atomic mass is 14.9. The SMILES string of the molecule is [B]c1cc([B])c2[nH]cc(-c3nc4c5cccnc5c5ncccc5c4[nH]3)c2c1. The summed E-state index contributed by atoms with van der Waals surface area (Å²) in [4.78, 5) is 20.7. The maximum Gasteiger partial charge on any atom is 0.140 e. The van der Waals surface area contributed by atoms with Crippen LogP contribution in [0.5, 0.6) is 0 Å². The van der Waals surface area contributed by atoms with E-state index in [2.05, 4.69) is 19.9 Å². The molecule has 0 spiro atoms. The fourth-order valence-electron chi connectivity index (χ4n) is 3.95. The number of nitrogens with one attached hydrogen (secondary N) is 2. The molecule has 0 aliphatic heterocycles. The molecule has 0 aliphatic carbocycles. The lowest BCUT2D eigenvalue weighted by atomic mass is 9.85. The highest BCUT2D eigenvalue weighted by Crippen LogP contribution is 2.34. The van der Waals surface area contributed by atoms with E-state index in [1.165, 1.54) is 0 Å². The number of imidazole rings is 1. The minimum atomic E-state index is 0.613. The van der Waals surface area contributed by atoms with Crippen LogP contribution in [-0.2, 0) is 0 Å². The van der Waals surface area contributed by atoms with Crippen LogP contribution in [0.1, 0.15) is 0 Å². The fraction of sp³-hybridized carbons (Fsp3) is 0. The molecule has 4 heterocycles. The normalized spacial score (nSPS) is 11.9. The van der Waals surface area contributed by atoms with Gasteiger partial charge in [0.05, 0.1) is 22.1 Å². The molecule has 2 aromatic carbocycles. The van der Waals surface area contributed by atoms with Gasteiger partial charge in [0.15, 0.2) is 0 Å². The van der Waals surface area contributed by atoms with Crippen molar-refractivity contribution in [3.63, 3.8) is 0 Å². The summed E-state index contributed by atoms with van der Waals surface area (Å²) in [6, 6.07) is 11.5. The molecule has 0 saturated carbocycles. The molecule has 0 bridgehead atoms. The van der Waals surface area contributed by atoms with E-state index >= 15 is 0 Å². The molecule has 28 heavy (non-hydrogen) atoms. The monoisotopic (exact) mass is 355 g/mol. The molecule has 4 aromatic heterocycles. The Labute approximate surface area is 162 Å². The van der Waals surface area contributed by atoms with E-state index in [1.54, 1.807) is 18.5 Å². The summed E-state index contributed by atoms with van der Waals surface area (Å²) in [5.41, 5.74) is 6.49. The molecular weight excluding hydrogens is 344 g/mol. The van der Waals surface area contributed by atoms with Gasteiger partial charge >= 0.3 is 0 Å². The molecule has 0 saturated heterocycles. The van der Waals surface area contributed by atoms with Crippen LogP contribution >= 0.6 is 0 Å². The molecule has 7 heteroatoms. The molecule has 0 aliphatic rings. The summed E-state index contributed by atoms with van der Waals surface area (Å²) in [7, 11) is 12.1. The van der Waals surface area contributed by atoms with Crippen molar-refractivity contribution in [3.8, 4) is 11.4 Å². The van der Waals surface area contributed by atoms with Gasteiger partial charge < -0.3 is 9.97 Å². The Kier molecular flexibility index (Phi) is 3.01. The van der Waals surface area contributed by atoms with Gasteiger partial charge in [-0.05, 0) is 24.3 Å². The van der Waals surface area contributed by atoms with Gasteiger partial charge in [-0.15, -0.1) is 0 Å². The summed E-state index contributed by atoms with van der Waals surface area (Å²) < 4.78 is 0. The molecular formula is C21H11B2N5. The Balaban J connectivity index is 1.75. The van der Waals surface area contributed by atoms with E-state index in [0.29, 0.717) is 10.9 Å². The zero-order chi connectivity index (χ0) is 18.8. The third-order valence-corrected chi connectivity index (χ3v) is 5.17. The smallest absolute Gasteiger partial charge is 0.140 e. The fourth-order valence-corrected chi connectivity index (χ4v) is 3.95. The van der Waals surface area contributed by atoms with Gasteiger partial charge in [-0.25, -0.2) is 4.98 Å². The van der Waals surface area contributed by atoms with Crippen LogP contribution < -0.4 is 10.9 Å². The van der Waals surface area contributed by atoms with Gasteiger partial charge in [0.1, 0.15) is 21.5 Å². The van der Waals surface area contributed by atoms with Crippen LogP contribution in [0.3, 0.4) is 0 Å². The average Bonchev–Trinajstić information content (AvgIpc) is 3.33. The summed E-state index contributed by atoms with van der Waals surface area (Å²) in [6.45, 7) is 0. The minimum absolute atomic E-state index is 0.613. The summed E-state index contributed by atoms with van der Waals surface area (Å²) >= 11 is 0. The Hall–Kier alpha value is -3.60. The van der Waals surface area contributed by atoms with Gasteiger partial charge in [0, 0.05) is 45.8 Å². The van der Waals surface area contributed by atoms with Crippen LogP contribution in [0.25, 0.3) is 55.1 Å². The molecule has 6 aromatic rings. The van der Waals surface area contributed by atoms with Crippen molar-refractivity contribution in [1.82, 2.24) is 24.9 Å². The number of nitrogens with zero attached hydrogens (tertiary/aromatic N) is 3. The highest BCUT2D eigenvalue weighted by Gasteiger charge is 2.17. The largest absolute Gasteiger partial charge is 0.361 e. The van der Waals surface area contributed by atoms with E-state index < -0.39 is 0 Å². The minimum Gasteiger partial charge on any atom is -0.361 e. The average molecular weight is 355 g/mol. The van der Waals surface area contributed by atoms with Crippen molar-refractivity contribution in [2.24, 2.45) is 0 Å². The predicted octanol–water partition coefficient (Wildman–Crippen LogP) is 2.40. The molecule has 6 rings (SSSR count). The van der Waals surface area contributed by atoms with E-state index in [0.717, 1.165) is 55.1 Å². The topological polar surface area (TPSA) is 70.2 Å². The van der Waals surface area contributed by atoms with Crippen molar-refractivity contribution in [2.75, 3.05) is 0 Å². The maximum atomic E-state index is 6.11. The number of aromatic nitrogens is 5. The second kappa shape index (κ2) is 5.45. The second-order valence-corrected chi connectivity index (χ2v) is 6.84. The lowest BCUT2D eigenvalue weighted by Crippen LogP contribution is -2.13. The first kappa shape index (κ1) is 15.5. The van der Waals surface area contributed by atoms with Crippen molar-refractivity contribution < 1.29 is 0 Å². The summed E-state index contributed by atoms with van der Waals surface area (Å²) in [5, 5.41) is 2.88. The van der Waals surface area contributed by atoms with E-state index in [9.17, 15) is 0 Å². The number of pyridine rings is 2. The number of fused-ring (bicyclic) bond motifs is 7. The highest BCUT2D eigenvalue weighted by molar-refractivity contribution is 6.43. The number of rotatable bonds is 1. The van der Waals surface area contributed by atoms with Crippen molar-refractivity contribution in [2.45, 2.75) is 0 Å². The maximum absolute atomic E-state index is 6.11. The Morgan fingerprint density at radius 2 is 1.54 bits per heavy atom. The number of hydrogen-bond acceptors (Lipinski definition) is 3. The summed E-state index contributed by atoms with van der Waals surface area (Å²) in [5.74, 6) is 0.743. The molecule has 5 nitrogen and oxygen atoms in total. The Morgan fingerprint density at radius 1 is 0.786 bits per heavy atom. The van der Waals surface area contributed by atoms with Crippen molar-refractivity contribution in [1.29, 1.82) is 0 Å². The molecule has 2 N–H and O–H groups in total. The first-order valence-electron chi connectivity index (χ1n) is 8.88. The third-order valence-electron chi connectivity index (χ3n) is 5.17. The second-order valence-electron chi connectivity index (χ2n) is 6.84. The molecule has 126 valence electrons. The number of aromatic amines is 2. The first-order chi connectivity index (χ1) is 13.7. The van der Waals surface area contributed by atoms with Gasteiger partial charge in [-0.1, -0.05) is 23.1 Å². The standard InChI is InChI=1S/C21H11B2N5/c22-10-7-13-14(9-26-16(13)15(23)8-10)21-27-19-11-3-1-5-24-17(11)18-12(20(19)28-21)4-2-6-25-18/h1-9,26H,(H,27,28). The quantitative estimate of drug-likeness (QED) is 0.352. The first-order valence-corrected chi connectivity index (χ1v) is 8.88. The van der Waals surface area contributed by atoms with Gasteiger partial charge in [-0.3, -0.25) is 9.97 Å². The number of H-pyrrole nitrogens is 2. The van der Waals surface area contributed by atoms with Crippen LogP contribution in [0, 0.1) is 0 Å². The molecule has 4 radical (unpaired) electrons. The van der Waals surface area contributed by atoms with Gasteiger partial charge in [-0.2, -0.15) is 0 Å². The van der Waals surface area contributed by atoms with E-state index in [1.807, 2.05) is 36.5 Å². The molecule has 0 fully saturated rings. The van der Waals surface area contributed by atoms with Crippen LogP contribution in [0.4, 0.5) is 0 Å². The number of benzene rings is 2. The molecule has 0 unspecified atom stereocenters. The zero-order valence-corrected chi connectivity index (χ0v) is 14.7. The third kappa shape index (κ3) is 2.01. The Bertz CT molecular complexity index is 1470. The molecule has 0 amide bonds. The molecule has 0 atom stereocenters. The predicted molar refractivity (Wildman–Crippen MR) is 115 cm³/mol. The van der Waals surface area contributed by atoms with Crippen molar-refractivity contribution in [3.05, 3.63) is 55.0 Å². The summed E-state index contributed by atoms with van der Waals surface area (Å²) in [6.07, 6.45) is 5.46. The van der Waals surface area contributed by atoms with Gasteiger partial charge in [0.2, 0.25) is 0 Å². The lowest BCUT2D eigenvalue weighted by molar-refractivity contribution is 1.34. The van der Waals surface area contributed by atoms with Crippen LogP contribution in [0.15, 0.2) is 55.0 Å². The lowest BCUT2D eigenvalue weighted by Gasteiger charge is -2.03.